The van der Waals surface area contributed by atoms with Gasteiger partial charge in [0.25, 0.3) is 0 Å². The predicted molar refractivity (Wildman–Crippen MR) is 95.8 cm³/mol. The average Bonchev–Trinajstić information content (AvgIpc) is 3.03. The van der Waals surface area contributed by atoms with Gasteiger partial charge in [0.15, 0.2) is 5.16 Å². The fourth-order valence-electron chi connectivity index (χ4n) is 3.38. The summed E-state index contributed by atoms with van der Waals surface area (Å²) in [6.07, 6.45) is 0.751. The smallest absolute Gasteiger partial charge is 0.311 e. The zero-order chi connectivity index (χ0) is 17.4. The molecule has 1 aliphatic rings. The normalized spacial score (nSPS) is 17.8. The van der Waals surface area contributed by atoms with Gasteiger partial charge < -0.3 is 4.90 Å². The van der Waals surface area contributed by atoms with Gasteiger partial charge in [-0.15, -0.1) is 5.10 Å². The average molecular weight is 346 g/mol. The standard InChI is InChI=1S/C17H22N4O2S/c1-5-20-16(23)18-19-17(20)24-13-6-7-21(15(13)22)14-11(3)8-10(2)9-12(14)4/h8-9,13H,5-7H2,1-4H3,(H,18,23). The van der Waals surface area contributed by atoms with Crippen LogP contribution in [0, 0.1) is 20.8 Å². The number of amides is 1. The molecule has 0 aliphatic carbocycles. The highest BCUT2D eigenvalue weighted by Gasteiger charge is 2.35. The first-order chi connectivity index (χ1) is 11.4. The first kappa shape index (κ1) is 16.8. The van der Waals surface area contributed by atoms with Crippen molar-refractivity contribution >= 4 is 23.4 Å². The van der Waals surface area contributed by atoms with Gasteiger partial charge in [-0.3, -0.25) is 9.36 Å². The maximum atomic E-state index is 12.9. The van der Waals surface area contributed by atoms with Crippen LogP contribution in [0.2, 0.25) is 0 Å². The van der Waals surface area contributed by atoms with Crippen molar-refractivity contribution in [3.8, 4) is 0 Å². The van der Waals surface area contributed by atoms with Crippen LogP contribution < -0.4 is 10.6 Å². The third-order valence-electron chi connectivity index (χ3n) is 4.35. The Hall–Kier alpha value is -2.02. The van der Waals surface area contributed by atoms with Crippen LogP contribution in [0.15, 0.2) is 22.1 Å². The summed E-state index contributed by atoms with van der Waals surface area (Å²) in [7, 11) is 0. The minimum absolute atomic E-state index is 0.0909. The molecule has 1 fully saturated rings. The summed E-state index contributed by atoms with van der Waals surface area (Å²) in [5.41, 5.74) is 4.24. The van der Waals surface area contributed by atoms with Crippen molar-refractivity contribution in [1.82, 2.24) is 14.8 Å². The van der Waals surface area contributed by atoms with Gasteiger partial charge in [0, 0.05) is 18.8 Å². The molecule has 24 heavy (non-hydrogen) atoms. The molecule has 0 bridgehead atoms. The number of hydrogen-bond acceptors (Lipinski definition) is 4. The molecule has 2 heterocycles. The van der Waals surface area contributed by atoms with E-state index in [1.54, 1.807) is 4.57 Å². The highest BCUT2D eigenvalue weighted by atomic mass is 32.2. The monoisotopic (exact) mass is 346 g/mol. The number of aromatic nitrogens is 3. The van der Waals surface area contributed by atoms with E-state index in [4.69, 9.17) is 0 Å². The second-order valence-electron chi connectivity index (χ2n) is 6.19. The van der Waals surface area contributed by atoms with Crippen LogP contribution >= 0.6 is 11.8 Å². The molecule has 1 aliphatic heterocycles. The minimum Gasteiger partial charge on any atom is -0.311 e. The van der Waals surface area contributed by atoms with E-state index in [9.17, 15) is 9.59 Å². The number of hydrogen-bond donors (Lipinski definition) is 1. The molecule has 1 saturated heterocycles. The van der Waals surface area contributed by atoms with Gasteiger partial charge in [-0.1, -0.05) is 29.5 Å². The number of aryl methyl sites for hydroxylation is 3. The first-order valence-corrected chi connectivity index (χ1v) is 9.01. The van der Waals surface area contributed by atoms with Crippen molar-refractivity contribution in [1.29, 1.82) is 0 Å². The highest BCUT2D eigenvalue weighted by molar-refractivity contribution is 8.00. The third kappa shape index (κ3) is 2.88. The number of aromatic amines is 1. The number of rotatable bonds is 4. The number of thioether (sulfide) groups is 1. The van der Waals surface area contributed by atoms with E-state index < -0.39 is 0 Å². The number of carbonyl (C=O) groups excluding carboxylic acids is 1. The Kier molecular flexibility index (Phi) is 4.54. The third-order valence-corrected chi connectivity index (χ3v) is 5.59. The van der Waals surface area contributed by atoms with E-state index in [-0.39, 0.29) is 16.8 Å². The van der Waals surface area contributed by atoms with Gasteiger partial charge in [-0.2, -0.15) is 0 Å². The van der Waals surface area contributed by atoms with Crippen LogP contribution in [0.1, 0.15) is 30.0 Å². The van der Waals surface area contributed by atoms with Gasteiger partial charge in [0.1, 0.15) is 0 Å². The molecule has 128 valence electrons. The Morgan fingerprint density at radius 2 is 1.92 bits per heavy atom. The SMILES string of the molecule is CCn1c(SC2CCN(c3c(C)cc(C)cc3C)C2=O)n[nH]c1=O. The molecule has 1 atom stereocenters. The van der Waals surface area contributed by atoms with Crippen molar-refractivity contribution in [3.05, 3.63) is 39.3 Å². The molecule has 1 unspecified atom stereocenters. The van der Waals surface area contributed by atoms with Crippen molar-refractivity contribution in [2.24, 2.45) is 0 Å². The van der Waals surface area contributed by atoms with E-state index in [0.717, 1.165) is 23.2 Å². The minimum atomic E-state index is -0.229. The van der Waals surface area contributed by atoms with Crippen LogP contribution in [0.5, 0.6) is 0 Å². The van der Waals surface area contributed by atoms with Gasteiger partial charge in [-0.25, -0.2) is 9.89 Å². The molecule has 3 rings (SSSR count). The molecule has 1 N–H and O–H groups in total. The van der Waals surface area contributed by atoms with Gasteiger partial charge in [0.2, 0.25) is 5.91 Å². The van der Waals surface area contributed by atoms with E-state index in [1.165, 1.54) is 17.3 Å². The molecular formula is C17H22N4O2S. The van der Waals surface area contributed by atoms with E-state index >= 15 is 0 Å². The Morgan fingerprint density at radius 3 is 2.54 bits per heavy atom. The summed E-state index contributed by atoms with van der Waals surface area (Å²) in [5.74, 6) is 0.0909. The number of nitrogens with one attached hydrogen (secondary N) is 1. The molecule has 1 aromatic heterocycles. The lowest BCUT2D eigenvalue weighted by Crippen LogP contribution is -2.29. The second-order valence-corrected chi connectivity index (χ2v) is 7.36. The summed E-state index contributed by atoms with van der Waals surface area (Å²) in [6.45, 7) is 9.29. The molecule has 1 aromatic carbocycles. The first-order valence-electron chi connectivity index (χ1n) is 8.13. The van der Waals surface area contributed by atoms with Crippen LogP contribution in [0.4, 0.5) is 5.69 Å². The molecular weight excluding hydrogens is 324 g/mol. The molecule has 2 aromatic rings. The fourth-order valence-corrected chi connectivity index (χ4v) is 4.53. The van der Waals surface area contributed by atoms with E-state index in [0.29, 0.717) is 18.2 Å². The van der Waals surface area contributed by atoms with Crippen LogP contribution in [-0.4, -0.2) is 32.5 Å². The number of H-pyrrole nitrogens is 1. The predicted octanol–water partition coefficient (Wildman–Crippen LogP) is 2.41. The number of anilines is 1. The Bertz CT molecular complexity index is 816. The summed E-state index contributed by atoms with van der Waals surface area (Å²) in [4.78, 5) is 26.4. The van der Waals surface area contributed by atoms with Crippen molar-refractivity contribution < 1.29 is 4.79 Å². The number of nitrogens with zero attached hydrogens (tertiary/aromatic N) is 3. The van der Waals surface area contributed by atoms with Crippen molar-refractivity contribution in [2.75, 3.05) is 11.4 Å². The molecule has 1 amide bonds. The van der Waals surface area contributed by atoms with E-state index in [1.807, 2.05) is 25.7 Å². The maximum absolute atomic E-state index is 12.9. The molecule has 6 nitrogen and oxygen atoms in total. The molecule has 0 radical (unpaired) electrons. The summed E-state index contributed by atoms with van der Waals surface area (Å²) >= 11 is 1.37. The zero-order valence-electron chi connectivity index (χ0n) is 14.4. The molecule has 0 saturated carbocycles. The van der Waals surface area contributed by atoms with Gasteiger partial charge in [0.05, 0.1) is 5.25 Å². The number of benzene rings is 1. The van der Waals surface area contributed by atoms with Crippen molar-refractivity contribution in [3.63, 3.8) is 0 Å². The van der Waals surface area contributed by atoms with Crippen LogP contribution in [0.3, 0.4) is 0 Å². The lowest BCUT2D eigenvalue weighted by molar-refractivity contribution is -0.116. The summed E-state index contributed by atoms with van der Waals surface area (Å²) in [5, 5.41) is 6.88. The summed E-state index contributed by atoms with van der Waals surface area (Å²) in [6, 6.07) is 4.22. The van der Waals surface area contributed by atoms with Gasteiger partial charge in [-0.05, 0) is 45.2 Å². The lowest BCUT2D eigenvalue weighted by atomic mass is 10.0. The molecule has 7 heteroatoms. The maximum Gasteiger partial charge on any atom is 0.343 e. The fraction of sp³-hybridized carbons (Fsp3) is 0.471. The lowest BCUT2D eigenvalue weighted by Gasteiger charge is -2.22. The van der Waals surface area contributed by atoms with Crippen LogP contribution in [-0.2, 0) is 11.3 Å². The Labute approximate surface area is 145 Å². The highest BCUT2D eigenvalue weighted by Crippen LogP contribution is 2.35. The second kappa shape index (κ2) is 6.47. The zero-order valence-corrected chi connectivity index (χ0v) is 15.2. The quantitative estimate of drug-likeness (QED) is 0.923. The van der Waals surface area contributed by atoms with E-state index in [2.05, 4.69) is 29.3 Å². The number of carbonyl (C=O) groups is 1. The topological polar surface area (TPSA) is 71.0 Å². The Balaban J connectivity index is 1.84. The van der Waals surface area contributed by atoms with Gasteiger partial charge >= 0.3 is 5.69 Å². The van der Waals surface area contributed by atoms with Crippen molar-refractivity contribution in [2.45, 2.75) is 51.1 Å². The Morgan fingerprint density at radius 1 is 1.25 bits per heavy atom. The molecule has 0 spiro atoms. The summed E-state index contributed by atoms with van der Waals surface area (Å²) < 4.78 is 1.56. The van der Waals surface area contributed by atoms with Crippen LogP contribution in [0.25, 0.3) is 0 Å². The largest absolute Gasteiger partial charge is 0.343 e.